The minimum Gasteiger partial charge on any atom is -0.324 e. The van der Waals surface area contributed by atoms with Crippen molar-refractivity contribution in [2.24, 2.45) is 11.1 Å². The molecule has 3 N–H and O–H groups in total. The molecular formula is C13H18FN3O3S. The smallest absolute Gasteiger partial charge is 0.321 e. The van der Waals surface area contributed by atoms with Gasteiger partial charge < -0.3 is 10.2 Å². The van der Waals surface area contributed by atoms with Gasteiger partial charge in [-0.1, -0.05) is 6.92 Å². The summed E-state index contributed by atoms with van der Waals surface area (Å²) in [6.07, 6.45) is 1.99. The van der Waals surface area contributed by atoms with E-state index in [2.05, 4.69) is 12.2 Å². The van der Waals surface area contributed by atoms with Gasteiger partial charge in [0.25, 0.3) is 0 Å². The van der Waals surface area contributed by atoms with Crippen molar-refractivity contribution in [1.82, 2.24) is 4.90 Å². The van der Waals surface area contributed by atoms with Crippen molar-refractivity contribution >= 4 is 21.7 Å². The number of urea groups is 1. The zero-order chi connectivity index (χ0) is 15.6. The third-order valence-corrected chi connectivity index (χ3v) is 4.29. The molecule has 1 fully saturated rings. The SMILES string of the molecule is CC1CCCN(C(=O)Nc2cc(F)cc(S(N)(=O)=O)c2)C1. The van der Waals surface area contributed by atoms with Crippen molar-refractivity contribution in [1.29, 1.82) is 0 Å². The normalized spacial score (nSPS) is 19.4. The molecule has 1 aromatic rings. The molecule has 0 bridgehead atoms. The highest BCUT2D eigenvalue weighted by Gasteiger charge is 2.21. The van der Waals surface area contributed by atoms with Gasteiger partial charge in [-0.15, -0.1) is 0 Å². The van der Waals surface area contributed by atoms with Gasteiger partial charge in [-0.3, -0.25) is 0 Å². The summed E-state index contributed by atoms with van der Waals surface area (Å²) in [7, 11) is -4.02. The highest BCUT2D eigenvalue weighted by Crippen LogP contribution is 2.20. The average molecular weight is 315 g/mol. The number of halogens is 1. The Labute approximate surface area is 123 Å². The van der Waals surface area contributed by atoms with Gasteiger partial charge in [0.2, 0.25) is 10.0 Å². The summed E-state index contributed by atoms with van der Waals surface area (Å²) < 4.78 is 35.9. The maximum atomic E-state index is 13.4. The standard InChI is InChI=1S/C13H18FN3O3S/c1-9-3-2-4-17(8-9)13(18)16-11-5-10(14)6-12(7-11)21(15,19)20/h5-7,9H,2-4,8H2,1H3,(H,16,18)(H2,15,19,20). The monoisotopic (exact) mass is 315 g/mol. The van der Waals surface area contributed by atoms with Gasteiger partial charge in [0.15, 0.2) is 0 Å². The third kappa shape index (κ3) is 4.15. The molecule has 116 valence electrons. The minimum atomic E-state index is -4.02. The number of nitrogens with one attached hydrogen (secondary N) is 1. The fourth-order valence-electron chi connectivity index (χ4n) is 2.38. The summed E-state index contributed by atoms with van der Waals surface area (Å²) in [5.41, 5.74) is 0.0715. The number of hydrogen-bond donors (Lipinski definition) is 2. The van der Waals surface area contributed by atoms with E-state index in [0.29, 0.717) is 19.0 Å². The predicted molar refractivity (Wildman–Crippen MR) is 76.8 cm³/mol. The fourth-order valence-corrected chi connectivity index (χ4v) is 2.94. The number of primary sulfonamides is 1. The zero-order valence-corrected chi connectivity index (χ0v) is 12.5. The molecule has 1 heterocycles. The molecule has 21 heavy (non-hydrogen) atoms. The van der Waals surface area contributed by atoms with E-state index in [1.165, 1.54) is 0 Å². The number of rotatable bonds is 2. The van der Waals surface area contributed by atoms with Crippen molar-refractivity contribution in [3.63, 3.8) is 0 Å². The Balaban J connectivity index is 2.16. The molecule has 6 nitrogen and oxygen atoms in total. The first-order valence-corrected chi connectivity index (χ1v) is 8.19. The van der Waals surface area contributed by atoms with Gasteiger partial charge in [-0.2, -0.15) is 0 Å². The second kappa shape index (κ2) is 5.98. The van der Waals surface area contributed by atoms with Crippen LogP contribution in [-0.2, 0) is 10.0 Å². The number of sulfonamides is 1. The van der Waals surface area contributed by atoms with Crippen LogP contribution in [0.4, 0.5) is 14.9 Å². The molecule has 1 atom stereocenters. The van der Waals surface area contributed by atoms with Crippen LogP contribution in [0.3, 0.4) is 0 Å². The Kier molecular flexibility index (Phi) is 4.48. The highest BCUT2D eigenvalue weighted by atomic mass is 32.2. The van der Waals surface area contributed by atoms with Crippen LogP contribution in [0.2, 0.25) is 0 Å². The average Bonchev–Trinajstić information content (AvgIpc) is 2.37. The molecule has 0 spiro atoms. The topological polar surface area (TPSA) is 92.5 Å². The van der Waals surface area contributed by atoms with E-state index in [-0.39, 0.29) is 16.6 Å². The number of likely N-dealkylation sites (tertiary alicyclic amines) is 1. The van der Waals surface area contributed by atoms with Gasteiger partial charge in [0.05, 0.1) is 4.90 Å². The van der Waals surface area contributed by atoms with E-state index >= 15 is 0 Å². The van der Waals surface area contributed by atoms with E-state index in [0.717, 1.165) is 31.0 Å². The first-order chi connectivity index (χ1) is 9.75. The molecule has 8 heteroatoms. The molecule has 2 rings (SSSR count). The van der Waals surface area contributed by atoms with Gasteiger partial charge >= 0.3 is 6.03 Å². The number of amides is 2. The van der Waals surface area contributed by atoms with Crippen LogP contribution < -0.4 is 10.5 Å². The molecule has 2 amide bonds. The van der Waals surface area contributed by atoms with Crippen molar-refractivity contribution in [3.05, 3.63) is 24.0 Å². The van der Waals surface area contributed by atoms with E-state index in [4.69, 9.17) is 5.14 Å². The van der Waals surface area contributed by atoms with Crippen LogP contribution in [0, 0.1) is 11.7 Å². The molecule has 1 aliphatic rings. The number of nitrogens with two attached hydrogens (primary N) is 1. The molecular weight excluding hydrogens is 297 g/mol. The van der Waals surface area contributed by atoms with Gasteiger partial charge in [0, 0.05) is 18.8 Å². The van der Waals surface area contributed by atoms with E-state index in [1.807, 2.05) is 0 Å². The summed E-state index contributed by atoms with van der Waals surface area (Å²) in [6.45, 7) is 3.32. The number of hydrogen-bond acceptors (Lipinski definition) is 3. The summed E-state index contributed by atoms with van der Waals surface area (Å²) in [6, 6.07) is 2.64. The largest absolute Gasteiger partial charge is 0.324 e. The van der Waals surface area contributed by atoms with Crippen molar-refractivity contribution in [3.8, 4) is 0 Å². The van der Waals surface area contributed by atoms with Gasteiger partial charge in [-0.25, -0.2) is 22.7 Å². The van der Waals surface area contributed by atoms with Crippen molar-refractivity contribution in [2.75, 3.05) is 18.4 Å². The quantitative estimate of drug-likeness (QED) is 0.870. The first kappa shape index (κ1) is 15.7. The number of piperidine rings is 1. The molecule has 0 aliphatic carbocycles. The number of benzene rings is 1. The number of carbonyl (C=O) groups is 1. The molecule has 1 aromatic carbocycles. The second-order valence-corrected chi connectivity index (χ2v) is 6.91. The van der Waals surface area contributed by atoms with Crippen LogP contribution in [0.15, 0.2) is 23.1 Å². The maximum Gasteiger partial charge on any atom is 0.321 e. The van der Waals surface area contributed by atoms with E-state index in [1.54, 1.807) is 4.90 Å². The molecule has 1 aliphatic heterocycles. The Hall–Kier alpha value is -1.67. The van der Waals surface area contributed by atoms with Crippen LogP contribution in [0.1, 0.15) is 19.8 Å². The lowest BCUT2D eigenvalue weighted by atomic mass is 10.0. The van der Waals surface area contributed by atoms with E-state index in [9.17, 15) is 17.6 Å². The molecule has 0 radical (unpaired) electrons. The number of anilines is 1. The molecule has 1 saturated heterocycles. The summed E-state index contributed by atoms with van der Waals surface area (Å²) in [4.78, 5) is 13.4. The van der Waals surface area contributed by atoms with Gasteiger partial charge in [-0.05, 0) is 37.0 Å². The summed E-state index contributed by atoms with van der Waals surface area (Å²) in [5.74, 6) is -0.360. The second-order valence-electron chi connectivity index (χ2n) is 5.34. The van der Waals surface area contributed by atoms with Crippen molar-refractivity contribution < 1.29 is 17.6 Å². The Morgan fingerprint density at radius 2 is 2.14 bits per heavy atom. The third-order valence-electron chi connectivity index (χ3n) is 3.40. The zero-order valence-electron chi connectivity index (χ0n) is 11.7. The Bertz CT molecular complexity index is 648. The van der Waals surface area contributed by atoms with Crippen LogP contribution in [-0.4, -0.2) is 32.4 Å². The van der Waals surface area contributed by atoms with Crippen LogP contribution >= 0.6 is 0 Å². The first-order valence-electron chi connectivity index (χ1n) is 6.65. The van der Waals surface area contributed by atoms with Crippen molar-refractivity contribution in [2.45, 2.75) is 24.7 Å². The summed E-state index contributed by atoms with van der Waals surface area (Å²) in [5, 5.41) is 7.48. The minimum absolute atomic E-state index is 0.0715. The lowest BCUT2D eigenvalue weighted by Crippen LogP contribution is -2.41. The van der Waals surface area contributed by atoms with Crippen LogP contribution in [0.25, 0.3) is 0 Å². The maximum absolute atomic E-state index is 13.4. The molecule has 0 saturated carbocycles. The predicted octanol–water partition coefficient (Wildman–Crippen LogP) is 1.74. The number of nitrogens with zero attached hydrogens (tertiary/aromatic N) is 1. The fraction of sp³-hybridized carbons (Fsp3) is 0.462. The van der Waals surface area contributed by atoms with Gasteiger partial charge in [0.1, 0.15) is 5.82 Å². The lowest BCUT2D eigenvalue weighted by Gasteiger charge is -2.30. The lowest BCUT2D eigenvalue weighted by molar-refractivity contribution is 0.182. The summed E-state index contributed by atoms with van der Waals surface area (Å²) >= 11 is 0. The Morgan fingerprint density at radius 1 is 1.43 bits per heavy atom. The Morgan fingerprint density at radius 3 is 2.76 bits per heavy atom. The highest BCUT2D eigenvalue weighted by molar-refractivity contribution is 7.89. The van der Waals surface area contributed by atoms with E-state index < -0.39 is 15.8 Å². The molecule has 0 aromatic heterocycles. The molecule has 1 unspecified atom stereocenters. The number of carbonyl (C=O) groups excluding carboxylic acids is 1. The van der Waals surface area contributed by atoms with Crippen LogP contribution in [0.5, 0.6) is 0 Å².